The van der Waals surface area contributed by atoms with Crippen LogP contribution in [0.25, 0.3) is 0 Å². The Labute approximate surface area is 114 Å². The molecule has 0 bridgehead atoms. The quantitative estimate of drug-likeness (QED) is 0.700. The normalized spacial score (nSPS) is 25.7. The van der Waals surface area contributed by atoms with E-state index in [1.165, 1.54) is 64.5 Å². The summed E-state index contributed by atoms with van der Waals surface area (Å²) in [5.74, 6) is 0.900. The first kappa shape index (κ1) is 16.0. The third-order valence-corrected chi connectivity index (χ3v) is 4.79. The maximum Gasteiger partial charge on any atom is 0.0303 e. The van der Waals surface area contributed by atoms with E-state index in [0.29, 0.717) is 0 Å². The zero-order valence-electron chi connectivity index (χ0n) is 12.9. The van der Waals surface area contributed by atoms with Crippen molar-refractivity contribution in [1.29, 1.82) is 0 Å². The zero-order valence-corrected chi connectivity index (χ0v) is 12.9. The van der Waals surface area contributed by atoms with Crippen molar-refractivity contribution in [3.05, 3.63) is 0 Å². The van der Waals surface area contributed by atoms with Gasteiger partial charge in [-0.1, -0.05) is 39.5 Å². The Kier molecular flexibility index (Phi) is 7.25. The molecule has 2 atom stereocenters. The summed E-state index contributed by atoms with van der Waals surface area (Å²) in [6.45, 7) is 10.4. The second-order valence-corrected chi connectivity index (χ2v) is 6.53. The number of rotatable bonds is 7. The highest BCUT2D eigenvalue weighted by molar-refractivity contribution is 4.88. The van der Waals surface area contributed by atoms with E-state index in [0.717, 1.165) is 12.5 Å². The molecule has 1 aliphatic rings. The minimum absolute atomic E-state index is 0.248. The van der Waals surface area contributed by atoms with Crippen LogP contribution in [-0.2, 0) is 0 Å². The first-order valence-corrected chi connectivity index (χ1v) is 8.07. The highest BCUT2D eigenvalue weighted by Crippen LogP contribution is 2.27. The fourth-order valence-electron chi connectivity index (χ4n) is 3.12. The zero-order chi connectivity index (χ0) is 13.4. The summed E-state index contributed by atoms with van der Waals surface area (Å²) in [4.78, 5) is 2.68. The van der Waals surface area contributed by atoms with E-state index >= 15 is 0 Å². The molecule has 2 nitrogen and oxygen atoms in total. The summed E-state index contributed by atoms with van der Waals surface area (Å²) in [6, 6.07) is 0. The van der Waals surface area contributed by atoms with Crippen molar-refractivity contribution in [3.8, 4) is 0 Å². The first-order valence-electron chi connectivity index (χ1n) is 8.07. The molecule has 1 fully saturated rings. The topological polar surface area (TPSA) is 29.3 Å². The highest BCUT2D eigenvalue weighted by Gasteiger charge is 2.30. The average Bonchev–Trinajstić information content (AvgIpc) is 2.59. The molecular weight excluding hydrogens is 220 g/mol. The van der Waals surface area contributed by atoms with Crippen molar-refractivity contribution in [2.24, 2.45) is 11.7 Å². The van der Waals surface area contributed by atoms with Gasteiger partial charge in [0.05, 0.1) is 0 Å². The van der Waals surface area contributed by atoms with Gasteiger partial charge >= 0.3 is 0 Å². The molecule has 18 heavy (non-hydrogen) atoms. The molecule has 1 aliphatic heterocycles. The molecule has 0 amide bonds. The standard InChI is InChI=1S/C16H34N2/c1-4-5-6-7-11-16(3,14-17)18-12-8-9-15(2)10-13-18/h15H,4-14,17H2,1-3H3. The fraction of sp³-hybridized carbons (Fsp3) is 1.00. The summed E-state index contributed by atoms with van der Waals surface area (Å²) in [5, 5.41) is 0. The van der Waals surface area contributed by atoms with Gasteiger partial charge in [0.2, 0.25) is 0 Å². The van der Waals surface area contributed by atoms with Crippen LogP contribution in [0.15, 0.2) is 0 Å². The van der Waals surface area contributed by atoms with Gasteiger partial charge in [-0.15, -0.1) is 0 Å². The molecule has 1 saturated heterocycles. The van der Waals surface area contributed by atoms with Gasteiger partial charge in [-0.25, -0.2) is 0 Å². The second-order valence-electron chi connectivity index (χ2n) is 6.53. The van der Waals surface area contributed by atoms with Gasteiger partial charge < -0.3 is 5.73 Å². The summed E-state index contributed by atoms with van der Waals surface area (Å²) < 4.78 is 0. The summed E-state index contributed by atoms with van der Waals surface area (Å²) in [7, 11) is 0. The van der Waals surface area contributed by atoms with Crippen LogP contribution >= 0.6 is 0 Å². The molecule has 0 aromatic rings. The summed E-state index contributed by atoms with van der Waals surface area (Å²) in [6.07, 6.45) is 10.8. The fourth-order valence-corrected chi connectivity index (χ4v) is 3.12. The molecular formula is C16H34N2. The average molecular weight is 254 g/mol. The van der Waals surface area contributed by atoms with Gasteiger partial charge in [0.15, 0.2) is 0 Å². The lowest BCUT2D eigenvalue weighted by Gasteiger charge is -2.40. The van der Waals surface area contributed by atoms with E-state index in [9.17, 15) is 0 Å². The van der Waals surface area contributed by atoms with Crippen LogP contribution < -0.4 is 5.73 Å². The van der Waals surface area contributed by atoms with E-state index in [-0.39, 0.29) is 5.54 Å². The monoisotopic (exact) mass is 254 g/mol. The molecule has 1 heterocycles. The number of hydrogen-bond donors (Lipinski definition) is 1. The van der Waals surface area contributed by atoms with E-state index in [2.05, 4.69) is 25.7 Å². The van der Waals surface area contributed by atoms with E-state index in [1.54, 1.807) is 0 Å². The SMILES string of the molecule is CCCCCCC(C)(CN)N1CCCC(C)CC1. The van der Waals surface area contributed by atoms with Gasteiger partial charge in [0.25, 0.3) is 0 Å². The van der Waals surface area contributed by atoms with E-state index < -0.39 is 0 Å². The van der Waals surface area contributed by atoms with Crippen molar-refractivity contribution in [2.45, 2.75) is 77.7 Å². The maximum absolute atomic E-state index is 6.10. The Balaban J connectivity index is 2.45. The highest BCUT2D eigenvalue weighted by atomic mass is 15.2. The third-order valence-electron chi connectivity index (χ3n) is 4.79. The lowest BCUT2D eigenvalue weighted by molar-refractivity contribution is 0.101. The Morgan fingerprint density at radius 1 is 1.17 bits per heavy atom. The lowest BCUT2D eigenvalue weighted by Crippen LogP contribution is -2.52. The van der Waals surface area contributed by atoms with Gasteiger partial charge in [-0.05, 0) is 51.6 Å². The molecule has 0 aromatic carbocycles. The molecule has 0 saturated carbocycles. The maximum atomic E-state index is 6.10. The summed E-state index contributed by atoms with van der Waals surface area (Å²) in [5.41, 5.74) is 6.34. The van der Waals surface area contributed by atoms with Crippen LogP contribution in [0, 0.1) is 5.92 Å². The number of nitrogens with two attached hydrogens (primary N) is 1. The second kappa shape index (κ2) is 8.16. The molecule has 1 rings (SSSR count). The first-order chi connectivity index (χ1) is 8.62. The van der Waals surface area contributed by atoms with Crippen molar-refractivity contribution in [2.75, 3.05) is 19.6 Å². The number of hydrogen-bond acceptors (Lipinski definition) is 2. The van der Waals surface area contributed by atoms with E-state index in [1.807, 2.05) is 0 Å². The predicted molar refractivity (Wildman–Crippen MR) is 80.8 cm³/mol. The van der Waals surface area contributed by atoms with Crippen LogP contribution in [0.3, 0.4) is 0 Å². The van der Waals surface area contributed by atoms with Crippen molar-refractivity contribution < 1.29 is 0 Å². The molecule has 108 valence electrons. The van der Waals surface area contributed by atoms with Gasteiger partial charge in [0, 0.05) is 12.1 Å². The van der Waals surface area contributed by atoms with Crippen LogP contribution in [0.2, 0.25) is 0 Å². The molecule has 0 aromatic heterocycles. The molecule has 2 N–H and O–H groups in total. The lowest BCUT2D eigenvalue weighted by atomic mass is 9.91. The van der Waals surface area contributed by atoms with Crippen LogP contribution in [0.1, 0.15) is 72.1 Å². The Bertz CT molecular complexity index is 217. The Morgan fingerprint density at radius 2 is 1.94 bits per heavy atom. The molecule has 2 unspecified atom stereocenters. The number of nitrogens with zero attached hydrogens (tertiary/aromatic N) is 1. The minimum Gasteiger partial charge on any atom is -0.329 e. The molecule has 0 spiro atoms. The number of unbranched alkanes of at least 4 members (excludes halogenated alkanes) is 3. The van der Waals surface area contributed by atoms with Gasteiger partial charge in [-0.2, -0.15) is 0 Å². The molecule has 0 radical (unpaired) electrons. The van der Waals surface area contributed by atoms with Crippen LogP contribution in [0.5, 0.6) is 0 Å². The minimum atomic E-state index is 0.248. The third kappa shape index (κ3) is 4.89. The van der Waals surface area contributed by atoms with Gasteiger partial charge in [-0.3, -0.25) is 4.90 Å². The summed E-state index contributed by atoms with van der Waals surface area (Å²) >= 11 is 0. The largest absolute Gasteiger partial charge is 0.329 e. The number of likely N-dealkylation sites (tertiary alicyclic amines) is 1. The van der Waals surface area contributed by atoms with Crippen molar-refractivity contribution in [1.82, 2.24) is 4.90 Å². The predicted octanol–water partition coefficient (Wildman–Crippen LogP) is 3.80. The van der Waals surface area contributed by atoms with Crippen molar-refractivity contribution >= 4 is 0 Å². The Hall–Kier alpha value is -0.0800. The smallest absolute Gasteiger partial charge is 0.0303 e. The van der Waals surface area contributed by atoms with E-state index in [4.69, 9.17) is 5.73 Å². The van der Waals surface area contributed by atoms with Crippen molar-refractivity contribution in [3.63, 3.8) is 0 Å². The molecule has 2 heteroatoms. The van der Waals surface area contributed by atoms with Crippen LogP contribution in [0.4, 0.5) is 0 Å². The van der Waals surface area contributed by atoms with Gasteiger partial charge in [0.1, 0.15) is 0 Å². The molecule has 0 aliphatic carbocycles. The Morgan fingerprint density at radius 3 is 2.61 bits per heavy atom. The van der Waals surface area contributed by atoms with Crippen LogP contribution in [-0.4, -0.2) is 30.1 Å².